The molecule has 2 aromatic heterocycles. The first-order valence-electron chi connectivity index (χ1n) is 8.08. The van der Waals surface area contributed by atoms with Crippen molar-refractivity contribution < 1.29 is 0 Å². The van der Waals surface area contributed by atoms with Gasteiger partial charge in [-0.1, -0.05) is 60.7 Å². The number of fused-ring (bicyclic) bond motifs is 1. The van der Waals surface area contributed by atoms with Crippen LogP contribution in [0.15, 0.2) is 70.8 Å². The third kappa shape index (κ3) is 3.08. The number of benzene rings is 2. The molecule has 0 radical (unpaired) electrons. The second kappa shape index (κ2) is 6.78. The van der Waals surface area contributed by atoms with Crippen LogP contribution in [0.3, 0.4) is 0 Å². The molecule has 4 aromatic rings. The molecule has 124 valence electrons. The summed E-state index contributed by atoms with van der Waals surface area (Å²) in [5.41, 5.74) is 3.18. The van der Waals surface area contributed by atoms with Crippen LogP contribution >= 0.6 is 23.6 Å². The molecule has 0 saturated heterocycles. The molecule has 0 bridgehead atoms. The number of H-pyrrole nitrogens is 1. The molecule has 2 heterocycles. The lowest BCUT2D eigenvalue weighted by Gasteiger charge is -2.08. The number of nitrogens with one attached hydrogen (secondary N) is 1. The van der Waals surface area contributed by atoms with Gasteiger partial charge in [0.25, 0.3) is 5.56 Å². The van der Waals surface area contributed by atoms with E-state index in [1.165, 1.54) is 16.9 Å². The van der Waals surface area contributed by atoms with E-state index in [2.05, 4.69) is 17.1 Å². The Bertz CT molecular complexity index is 1130. The Kier molecular flexibility index (Phi) is 4.34. The van der Waals surface area contributed by atoms with Crippen molar-refractivity contribution in [2.24, 2.45) is 0 Å². The summed E-state index contributed by atoms with van der Waals surface area (Å²) in [5.74, 6) is 0. The second-order valence-electron chi connectivity index (χ2n) is 5.84. The Balaban J connectivity index is 1.80. The Labute approximate surface area is 154 Å². The van der Waals surface area contributed by atoms with Crippen LogP contribution in [0.4, 0.5) is 0 Å². The normalized spacial score (nSPS) is 11.0. The summed E-state index contributed by atoms with van der Waals surface area (Å²) in [6.45, 7) is 0.568. The summed E-state index contributed by atoms with van der Waals surface area (Å²) in [7, 11) is 0. The fraction of sp³-hybridized carbons (Fsp3) is 0.100. The fourth-order valence-corrected chi connectivity index (χ4v) is 4.27. The maximum Gasteiger partial charge on any atom is 0.263 e. The van der Waals surface area contributed by atoms with Crippen molar-refractivity contribution in [1.82, 2.24) is 9.55 Å². The lowest BCUT2D eigenvalue weighted by molar-refractivity contribution is 0.653. The van der Waals surface area contributed by atoms with Gasteiger partial charge in [0, 0.05) is 17.5 Å². The molecule has 0 unspecified atom stereocenters. The molecule has 25 heavy (non-hydrogen) atoms. The molecule has 2 aromatic carbocycles. The predicted molar refractivity (Wildman–Crippen MR) is 107 cm³/mol. The van der Waals surface area contributed by atoms with E-state index in [-0.39, 0.29) is 5.56 Å². The smallest absolute Gasteiger partial charge is 0.263 e. The lowest BCUT2D eigenvalue weighted by atomic mass is 10.1. The molecule has 0 aliphatic carbocycles. The molecule has 3 nitrogen and oxygen atoms in total. The van der Waals surface area contributed by atoms with E-state index in [0.717, 1.165) is 27.8 Å². The monoisotopic (exact) mass is 364 g/mol. The number of aryl methyl sites for hydroxylation is 1. The van der Waals surface area contributed by atoms with Crippen molar-refractivity contribution >= 4 is 33.8 Å². The quantitative estimate of drug-likeness (QED) is 0.516. The first kappa shape index (κ1) is 16.0. The van der Waals surface area contributed by atoms with Crippen molar-refractivity contribution in [3.8, 4) is 11.1 Å². The molecule has 0 atom stereocenters. The Morgan fingerprint density at radius 1 is 1.00 bits per heavy atom. The summed E-state index contributed by atoms with van der Waals surface area (Å²) in [5, 5.41) is 2.74. The molecule has 0 amide bonds. The van der Waals surface area contributed by atoms with E-state index in [0.29, 0.717) is 11.3 Å². The number of rotatable bonds is 4. The van der Waals surface area contributed by atoms with Crippen LogP contribution in [0.1, 0.15) is 5.56 Å². The number of aromatic amines is 1. The van der Waals surface area contributed by atoms with Gasteiger partial charge < -0.3 is 4.98 Å². The zero-order valence-electron chi connectivity index (χ0n) is 13.4. The van der Waals surface area contributed by atoms with Crippen molar-refractivity contribution in [2.45, 2.75) is 13.0 Å². The van der Waals surface area contributed by atoms with Crippen molar-refractivity contribution in [1.29, 1.82) is 0 Å². The molecular weight excluding hydrogens is 348 g/mol. The zero-order valence-corrected chi connectivity index (χ0v) is 15.1. The molecule has 0 saturated carbocycles. The van der Waals surface area contributed by atoms with Gasteiger partial charge in [-0.05, 0) is 29.8 Å². The minimum Gasteiger partial charge on any atom is -0.323 e. The van der Waals surface area contributed by atoms with Crippen LogP contribution in [0.2, 0.25) is 0 Å². The van der Waals surface area contributed by atoms with E-state index in [1.54, 1.807) is 4.57 Å². The van der Waals surface area contributed by atoms with Crippen molar-refractivity contribution in [2.75, 3.05) is 0 Å². The number of hydrogen-bond acceptors (Lipinski definition) is 3. The maximum atomic E-state index is 13.1. The number of thiophene rings is 1. The van der Waals surface area contributed by atoms with Crippen LogP contribution in [0.25, 0.3) is 21.3 Å². The molecule has 4 rings (SSSR count). The Morgan fingerprint density at radius 3 is 2.40 bits per heavy atom. The van der Waals surface area contributed by atoms with Crippen LogP contribution < -0.4 is 5.56 Å². The zero-order chi connectivity index (χ0) is 17.2. The highest BCUT2D eigenvalue weighted by Gasteiger charge is 2.13. The molecule has 0 aliphatic heterocycles. The largest absolute Gasteiger partial charge is 0.323 e. The van der Waals surface area contributed by atoms with E-state index in [4.69, 9.17) is 12.2 Å². The predicted octanol–water partition coefficient (Wildman–Crippen LogP) is 5.03. The molecule has 0 spiro atoms. The molecule has 0 aliphatic rings. The second-order valence-corrected chi connectivity index (χ2v) is 7.11. The van der Waals surface area contributed by atoms with Gasteiger partial charge in [-0.3, -0.25) is 9.36 Å². The van der Waals surface area contributed by atoms with Crippen LogP contribution in [0.5, 0.6) is 0 Å². The van der Waals surface area contributed by atoms with Crippen LogP contribution in [-0.2, 0) is 13.0 Å². The van der Waals surface area contributed by atoms with Gasteiger partial charge in [-0.15, -0.1) is 11.3 Å². The highest BCUT2D eigenvalue weighted by Crippen LogP contribution is 2.30. The van der Waals surface area contributed by atoms with Gasteiger partial charge in [0.05, 0.1) is 5.39 Å². The lowest BCUT2D eigenvalue weighted by Crippen LogP contribution is -2.23. The van der Waals surface area contributed by atoms with Gasteiger partial charge in [-0.25, -0.2) is 0 Å². The summed E-state index contributed by atoms with van der Waals surface area (Å²) >= 11 is 6.95. The number of hydrogen-bond donors (Lipinski definition) is 1. The standard InChI is InChI=1S/C20H16N2OS2/c23-19-17-16(15-9-5-2-6-10-15)13-25-18(17)21-20(24)22(19)12-11-14-7-3-1-4-8-14/h1-10,13H,11-12H2,(H,21,24). The minimum absolute atomic E-state index is 0.0187. The Morgan fingerprint density at radius 2 is 1.68 bits per heavy atom. The summed E-state index contributed by atoms with van der Waals surface area (Å²) in [6.07, 6.45) is 0.772. The topological polar surface area (TPSA) is 37.8 Å². The van der Waals surface area contributed by atoms with Crippen LogP contribution in [-0.4, -0.2) is 9.55 Å². The average molecular weight is 364 g/mol. The third-order valence-corrected chi connectivity index (χ3v) is 5.49. The van der Waals surface area contributed by atoms with E-state index in [9.17, 15) is 4.79 Å². The van der Waals surface area contributed by atoms with Crippen molar-refractivity contribution in [3.05, 3.63) is 86.7 Å². The Hall–Kier alpha value is -2.50. The number of aromatic nitrogens is 2. The fourth-order valence-electron chi connectivity index (χ4n) is 2.97. The maximum absolute atomic E-state index is 13.1. The molecular formula is C20H16N2OS2. The van der Waals surface area contributed by atoms with E-state index in [1.807, 2.05) is 53.9 Å². The molecule has 1 N–H and O–H groups in total. The third-order valence-electron chi connectivity index (χ3n) is 4.27. The highest BCUT2D eigenvalue weighted by atomic mass is 32.1. The first-order valence-corrected chi connectivity index (χ1v) is 9.36. The van der Waals surface area contributed by atoms with Crippen LogP contribution in [0, 0.1) is 4.77 Å². The molecule has 5 heteroatoms. The molecule has 0 fully saturated rings. The van der Waals surface area contributed by atoms with E-state index < -0.39 is 0 Å². The minimum atomic E-state index is -0.0187. The van der Waals surface area contributed by atoms with Gasteiger partial charge in [0.2, 0.25) is 0 Å². The SMILES string of the molecule is O=c1c2c(-c3ccccc3)csc2[nH]c(=S)n1CCc1ccccc1. The van der Waals surface area contributed by atoms with Gasteiger partial charge in [-0.2, -0.15) is 0 Å². The van der Waals surface area contributed by atoms with Gasteiger partial charge in [0.15, 0.2) is 4.77 Å². The first-order chi connectivity index (χ1) is 12.2. The number of nitrogens with zero attached hydrogens (tertiary/aromatic N) is 1. The average Bonchev–Trinajstić information content (AvgIpc) is 3.07. The highest BCUT2D eigenvalue weighted by molar-refractivity contribution is 7.71. The summed E-state index contributed by atoms with van der Waals surface area (Å²) in [4.78, 5) is 17.2. The van der Waals surface area contributed by atoms with Gasteiger partial charge in [0.1, 0.15) is 4.83 Å². The van der Waals surface area contributed by atoms with Gasteiger partial charge >= 0.3 is 0 Å². The summed E-state index contributed by atoms with van der Waals surface area (Å²) in [6, 6.07) is 20.1. The summed E-state index contributed by atoms with van der Waals surface area (Å²) < 4.78 is 2.15. The van der Waals surface area contributed by atoms with E-state index >= 15 is 0 Å². The van der Waals surface area contributed by atoms with Crippen molar-refractivity contribution in [3.63, 3.8) is 0 Å².